The van der Waals surface area contributed by atoms with E-state index in [-0.39, 0.29) is 0 Å². The molecule has 1 nitrogen and oxygen atoms in total. The van der Waals surface area contributed by atoms with Gasteiger partial charge in [-0.1, -0.05) is 12.2 Å². The molecule has 1 fully saturated rings. The Morgan fingerprint density at radius 1 is 1.25 bits per heavy atom. The number of allylic oxidation sites excluding steroid dienone is 1. The molecule has 68 valence electrons. The van der Waals surface area contributed by atoms with E-state index in [0.29, 0.717) is 0 Å². The Morgan fingerprint density at radius 2 is 2.08 bits per heavy atom. The summed E-state index contributed by atoms with van der Waals surface area (Å²) in [6.07, 6.45) is 9.31. The lowest BCUT2D eigenvalue weighted by molar-refractivity contribution is 0.281. The molecule has 2 bridgehead atoms. The van der Waals surface area contributed by atoms with Crippen molar-refractivity contribution in [3.05, 3.63) is 12.2 Å². The SMILES string of the molecule is CN(C)CC1C=CC2CCC1C2. The average molecular weight is 165 g/mol. The van der Waals surface area contributed by atoms with Crippen molar-refractivity contribution >= 4 is 0 Å². The molecule has 2 aliphatic rings. The first-order valence-electron chi connectivity index (χ1n) is 5.09. The smallest absolute Gasteiger partial charge is 0.00409 e. The number of hydrogen-bond donors (Lipinski definition) is 0. The lowest BCUT2D eigenvalue weighted by Gasteiger charge is -2.26. The fraction of sp³-hybridized carbons (Fsp3) is 0.818. The van der Waals surface area contributed by atoms with Crippen LogP contribution in [0.4, 0.5) is 0 Å². The van der Waals surface area contributed by atoms with Crippen molar-refractivity contribution in [3.63, 3.8) is 0 Å². The Hall–Kier alpha value is -0.300. The van der Waals surface area contributed by atoms with Gasteiger partial charge in [-0.05, 0) is 51.1 Å². The van der Waals surface area contributed by atoms with Gasteiger partial charge in [0.1, 0.15) is 0 Å². The molecule has 0 spiro atoms. The van der Waals surface area contributed by atoms with Crippen molar-refractivity contribution < 1.29 is 0 Å². The molecule has 2 rings (SSSR count). The van der Waals surface area contributed by atoms with Crippen molar-refractivity contribution in [1.29, 1.82) is 0 Å². The molecule has 0 aromatic rings. The van der Waals surface area contributed by atoms with Gasteiger partial charge in [-0.3, -0.25) is 0 Å². The van der Waals surface area contributed by atoms with Crippen LogP contribution in [0.15, 0.2) is 12.2 Å². The van der Waals surface area contributed by atoms with Crippen molar-refractivity contribution in [2.75, 3.05) is 20.6 Å². The number of fused-ring (bicyclic) bond motifs is 2. The molecule has 0 N–H and O–H groups in total. The molecule has 0 heterocycles. The van der Waals surface area contributed by atoms with Gasteiger partial charge in [-0.2, -0.15) is 0 Å². The molecule has 0 radical (unpaired) electrons. The molecule has 0 aromatic heterocycles. The third-order valence-corrected chi connectivity index (χ3v) is 3.33. The molecule has 0 aliphatic heterocycles. The summed E-state index contributed by atoms with van der Waals surface area (Å²) in [6, 6.07) is 0. The maximum absolute atomic E-state index is 2.46. The topological polar surface area (TPSA) is 3.24 Å². The van der Waals surface area contributed by atoms with Crippen LogP contribution in [0.2, 0.25) is 0 Å². The zero-order chi connectivity index (χ0) is 8.55. The molecule has 0 aromatic carbocycles. The van der Waals surface area contributed by atoms with Gasteiger partial charge in [0.05, 0.1) is 0 Å². The second-order valence-electron chi connectivity index (χ2n) is 4.64. The van der Waals surface area contributed by atoms with Gasteiger partial charge >= 0.3 is 0 Å². The van der Waals surface area contributed by atoms with Crippen molar-refractivity contribution in [2.24, 2.45) is 17.8 Å². The quantitative estimate of drug-likeness (QED) is 0.567. The summed E-state index contributed by atoms with van der Waals surface area (Å²) in [5.74, 6) is 2.79. The summed E-state index contributed by atoms with van der Waals surface area (Å²) in [5, 5.41) is 0. The van der Waals surface area contributed by atoms with E-state index >= 15 is 0 Å². The average Bonchev–Trinajstić information content (AvgIpc) is 2.39. The van der Waals surface area contributed by atoms with Gasteiger partial charge in [0.2, 0.25) is 0 Å². The fourth-order valence-electron chi connectivity index (χ4n) is 2.70. The van der Waals surface area contributed by atoms with Crippen LogP contribution in [-0.4, -0.2) is 25.5 Å². The summed E-state index contributed by atoms with van der Waals surface area (Å²) in [7, 11) is 4.35. The molecular formula is C11H19N. The molecule has 3 unspecified atom stereocenters. The molecule has 0 amide bonds. The third kappa shape index (κ3) is 1.56. The Labute approximate surface area is 75.4 Å². The lowest BCUT2D eigenvalue weighted by Crippen LogP contribution is -2.26. The first-order valence-corrected chi connectivity index (χ1v) is 5.09. The van der Waals surface area contributed by atoms with Crippen LogP contribution < -0.4 is 0 Å². The minimum Gasteiger partial charge on any atom is -0.309 e. The zero-order valence-corrected chi connectivity index (χ0v) is 8.16. The summed E-state index contributed by atoms with van der Waals surface area (Å²) < 4.78 is 0. The largest absolute Gasteiger partial charge is 0.309 e. The van der Waals surface area contributed by atoms with Gasteiger partial charge in [0.15, 0.2) is 0 Å². The second-order valence-corrected chi connectivity index (χ2v) is 4.64. The summed E-state index contributed by atoms with van der Waals surface area (Å²) in [5.41, 5.74) is 0. The highest BCUT2D eigenvalue weighted by atomic mass is 15.1. The van der Waals surface area contributed by atoms with Crippen LogP contribution in [-0.2, 0) is 0 Å². The van der Waals surface area contributed by atoms with Gasteiger partial charge in [0.25, 0.3) is 0 Å². The normalized spacial score (nSPS) is 39.4. The standard InChI is InChI=1S/C11H19N/c1-12(2)8-11-6-4-9-3-5-10(11)7-9/h4,6,9-11H,3,5,7-8H2,1-2H3. The van der Waals surface area contributed by atoms with Crippen molar-refractivity contribution in [1.82, 2.24) is 4.90 Å². The second kappa shape index (κ2) is 3.21. The van der Waals surface area contributed by atoms with Crippen molar-refractivity contribution in [2.45, 2.75) is 19.3 Å². The summed E-state index contributed by atoms with van der Waals surface area (Å²) in [6.45, 7) is 1.24. The van der Waals surface area contributed by atoms with Gasteiger partial charge in [-0.25, -0.2) is 0 Å². The highest BCUT2D eigenvalue weighted by Crippen LogP contribution is 2.41. The predicted octanol–water partition coefficient (Wildman–Crippen LogP) is 2.15. The maximum atomic E-state index is 2.46. The molecular weight excluding hydrogens is 146 g/mol. The van der Waals surface area contributed by atoms with Crippen LogP contribution in [0.25, 0.3) is 0 Å². The molecule has 12 heavy (non-hydrogen) atoms. The van der Waals surface area contributed by atoms with Crippen LogP contribution in [0.5, 0.6) is 0 Å². The first-order chi connectivity index (χ1) is 5.75. The third-order valence-electron chi connectivity index (χ3n) is 3.33. The Morgan fingerprint density at radius 3 is 2.83 bits per heavy atom. The predicted molar refractivity (Wildman–Crippen MR) is 52.0 cm³/mol. The van der Waals surface area contributed by atoms with E-state index in [0.717, 1.165) is 17.8 Å². The number of rotatable bonds is 2. The van der Waals surface area contributed by atoms with Crippen LogP contribution in [0.1, 0.15) is 19.3 Å². The van der Waals surface area contributed by atoms with Gasteiger partial charge in [-0.15, -0.1) is 0 Å². The number of hydrogen-bond acceptors (Lipinski definition) is 1. The van der Waals surface area contributed by atoms with E-state index in [1.807, 2.05) is 0 Å². The number of nitrogens with zero attached hydrogens (tertiary/aromatic N) is 1. The van der Waals surface area contributed by atoms with E-state index in [2.05, 4.69) is 31.1 Å². The highest BCUT2D eigenvalue weighted by Gasteiger charge is 2.31. The molecule has 0 saturated heterocycles. The minimum atomic E-state index is 0.846. The summed E-state index contributed by atoms with van der Waals surface area (Å²) in [4.78, 5) is 2.31. The molecule has 3 atom stereocenters. The summed E-state index contributed by atoms with van der Waals surface area (Å²) >= 11 is 0. The minimum absolute atomic E-state index is 0.846. The van der Waals surface area contributed by atoms with E-state index < -0.39 is 0 Å². The van der Waals surface area contributed by atoms with E-state index in [1.165, 1.54) is 25.8 Å². The Bertz CT molecular complexity index is 183. The zero-order valence-electron chi connectivity index (χ0n) is 8.16. The first kappa shape index (κ1) is 8.31. The van der Waals surface area contributed by atoms with E-state index in [1.54, 1.807) is 0 Å². The lowest BCUT2D eigenvalue weighted by atomic mass is 9.85. The maximum Gasteiger partial charge on any atom is 0.00409 e. The monoisotopic (exact) mass is 165 g/mol. The van der Waals surface area contributed by atoms with E-state index in [9.17, 15) is 0 Å². The Balaban J connectivity index is 1.98. The molecule has 1 heteroatoms. The van der Waals surface area contributed by atoms with Crippen molar-refractivity contribution in [3.8, 4) is 0 Å². The van der Waals surface area contributed by atoms with Gasteiger partial charge in [0, 0.05) is 6.54 Å². The van der Waals surface area contributed by atoms with Crippen LogP contribution in [0.3, 0.4) is 0 Å². The molecule has 1 saturated carbocycles. The Kier molecular flexibility index (Phi) is 2.22. The highest BCUT2D eigenvalue weighted by molar-refractivity contribution is 5.05. The van der Waals surface area contributed by atoms with Crippen LogP contribution >= 0.6 is 0 Å². The molecule has 2 aliphatic carbocycles. The van der Waals surface area contributed by atoms with E-state index in [4.69, 9.17) is 0 Å². The van der Waals surface area contributed by atoms with Crippen LogP contribution in [0, 0.1) is 17.8 Å². The fourth-order valence-corrected chi connectivity index (χ4v) is 2.70. The van der Waals surface area contributed by atoms with Gasteiger partial charge < -0.3 is 4.90 Å².